The molecule has 0 aliphatic carbocycles. The average molecular weight is 839 g/mol. The Morgan fingerprint density at radius 3 is 1.17 bits per heavy atom. The zero-order chi connectivity index (χ0) is 45.2. The largest absolute Gasteiger partial charge is 0.208 e. The maximum absolute atomic E-state index is 5.64. The fourth-order valence-corrected chi connectivity index (χ4v) is 13.3. The molecule has 0 radical (unpaired) electrons. The minimum Gasteiger partial charge on any atom is -0.208 e. The van der Waals surface area contributed by atoms with E-state index in [1.165, 1.54) is 134 Å². The van der Waals surface area contributed by atoms with Gasteiger partial charge in [0.1, 0.15) is 110 Å². The predicted molar refractivity (Wildman–Crippen MR) is 327 cm³/mol. The second-order valence-corrected chi connectivity index (χ2v) is 20.4. The van der Waals surface area contributed by atoms with Crippen molar-refractivity contribution < 1.29 is 0 Å². The van der Waals surface area contributed by atoms with Crippen molar-refractivity contribution in [2.45, 2.75) is 0 Å². The molecule has 0 saturated heterocycles. The first-order chi connectivity index (χ1) is 30.6. The van der Waals surface area contributed by atoms with Gasteiger partial charge in [-0.2, -0.15) is 0 Å². The number of benzene rings is 7. The normalized spacial score (nSPS) is 11.7. The quantitative estimate of drug-likeness (QED) is 0.162. The summed E-state index contributed by atoms with van der Waals surface area (Å²) in [5.74, 6) is 2.13. The summed E-state index contributed by atoms with van der Waals surface area (Å²) in [5, 5.41) is 5.37. The summed E-state index contributed by atoms with van der Waals surface area (Å²) in [6, 6.07) is 28.2. The number of fused-ring (bicyclic) bond motifs is 6. The summed E-state index contributed by atoms with van der Waals surface area (Å²) in [6.07, 6.45) is 0. The number of aromatic nitrogens is 3. The molecule has 19 heteroatoms. The molecule has 0 bridgehead atoms. The van der Waals surface area contributed by atoms with Crippen LogP contribution in [-0.4, -0.2) is 125 Å². The average Bonchev–Trinajstić information content (AvgIpc) is 3.92. The van der Waals surface area contributed by atoms with Crippen molar-refractivity contribution in [3.63, 3.8) is 0 Å². The Hall–Kier alpha value is -5.10. The monoisotopic (exact) mass is 841 g/mol. The van der Waals surface area contributed by atoms with Gasteiger partial charge in [-0.1, -0.05) is 127 Å². The second kappa shape index (κ2) is 15.8. The number of nitrogens with zero attached hydrogens (tertiary/aromatic N) is 3. The topological polar surface area (TPSA) is 38.7 Å². The maximum atomic E-state index is 5.64. The number of hydrogen-bond acceptors (Lipinski definition) is 5. The van der Waals surface area contributed by atoms with Crippen molar-refractivity contribution >= 4 is 249 Å². The van der Waals surface area contributed by atoms with E-state index >= 15 is 0 Å². The fraction of sp³-hybridized carbons (Fsp3) is 0. The SMILES string of the molecule is Bc1c(B)c(B)c2c(sc3c(B)c(-c4nc(-c5ccc(-c6cccc(-c7ccccc7)c6)cc5)nc(-c5c(B)c(B)c(B)c6sc7c(B)c(B)c(B)c(B)c7c56)n4)c(B)c(B)c32)c1B. The van der Waals surface area contributed by atoms with Crippen LogP contribution in [0.25, 0.3) is 96.8 Å². The first kappa shape index (κ1) is 42.8. The minimum atomic E-state index is 0.681. The summed E-state index contributed by atoms with van der Waals surface area (Å²) >= 11 is 3.86. The molecule has 3 heterocycles. The zero-order valence-electron chi connectivity index (χ0n) is 39.7. The van der Waals surface area contributed by atoms with Gasteiger partial charge >= 0.3 is 0 Å². The van der Waals surface area contributed by atoms with Crippen LogP contribution in [0.3, 0.4) is 0 Å². The maximum Gasteiger partial charge on any atom is 0.164 e. The van der Waals surface area contributed by atoms with Crippen molar-refractivity contribution in [3.05, 3.63) is 78.9 Å². The molecule has 7 aromatic carbocycles. The zero-order valence-corrected chi connectivity index (χ0v) is 41.3. The van der Waals surface area contributed by atoms with Gasteiger partial charge < -0.3 is 0 Å². The van der Waals surface area contributed by atoms with E-state index in [9.17, 15) is 0 Å². The molecule has 290 valence electrons. The van der Waals surface area contributed by atoms with Crippen LogP contribution in [0.2, 0.25) is 0 Å². The van der Waals surface area contributed by atoms with Gasteiger partial charge in [-0.05, 0) is 44.5 Å². The molecule has 3 nitrogen and oxygen atoms in total. The molecule has 0 N–H and O–H groups in total. The van der Waals surface area contributed by atoms with Crippen molar-refractivity contribution in [1.29, 1.82) is 0 Å². The van der Waals surface area contributed by atoms with Gasteiger partial charge in [0, 0.05) is 40.9 Å². The molecule has 64 heavy (non-hydrogen) atoms. The van der Waals surface area contributed by atoms with E-state index in [1.807, 2.05) is 22.7 Å². The van der Waals surface area contributed by atoms with Gasteiger partial charge in [0.05, 0.1) is 0 Å². The third-order valence-corrected chi connectivity index (χ3v) is 18.1. The van der Waals surface area contributed by atoms with Crippen LogP contribution in [0.5, 0.6) is 0 Å². The third kappa shape index (κ3) is 6.38. The van der Waals surface area contributed by atoms with Gasteiger partial charge in [0.25, 0.3) is 0 Å². The summed E-state index contributed by atoms with van der Waals surface area (Å²) in [7, 11) is 32.0. The Bertz CT molecular complexity index is 3670. The molecule has 0 spiro atoms. The van der Waals surface area contributed by atoms with Gasteiger partial charge in [-0.15, -0.1) is 44.5 Å². The second-order valence-electron chi connectivity index (χ2n) is 18.4. The Morgan fingerprint density at radius 1 is 0.266 bits per heavy atom. The van der Waals surface area contributed by atoms with E-state index in [0.29, 0.717) is 5.82 Å². The minimum absolute atomic E-state index is 0.681. The highest BCUT2D eigenvalue weighted by atomic mass is 32.1. The van der Waals surface area contributed by atoms with Crippen LogP contribution in [0, 0.1) is 0 Å². The lowest BCUT2D eigenvalue weighted by Crippen LogP contribution is -2.47. The van der Waals surface area contributed by atoms with E-state index in [0.717, 1.165) is 33.9 Å². The smallest absolute Gasteiger partial charge is 0.164 e. The van der Waals surface area contributed by atoms with Gasteiger partial charge in [0.15, 0.2) is 17.5 Å². The molecule has 0 atom stereocenters. The van der Waals surface area contributed by atoms with Gasteiger partial charge in [-0.25, -0.2) is 15.0 Å². The van der Waals surface area contributed by atoms with Crippen molar-refractivity contribution in [2.75, 3.05) is 0 Å². The summed E-state index contributed by atoms with van der Waals surface area (Å²) < 4.78 is 5.39. The third-order valence-electron chi connectivity index (χ3n) is 15.3. The molecule has 0 unspecified atom stereocenters. The highest BCUT2D eigenvalue weighted by Gasteiger charge is 2.27. The van der Waals surface area contributed by atoms with Crippen molar-refractivity contribution in [2.24, 2.45) is 0 Å². The number of thiophene rings is 2. The van der Waals surface area contributed by atoms with Crippen molar-refractivity contribution in [3.8, 4) is 56.4 Å². The van der Waals surface area contributed by atoms with Crippen LogP contribution < -0.4 is 76.5 Å². The molecule has 10 rings (SSSR count). The highest BCUT2D eigenvalue weighted by Crippen LogP contribution is 2.37. The van der Waals surface area contributed by atoms with Gasteiger partial charge in [0.2, 0.25) is 0 Å². The summed E-state index contributed by atoms with van der Waals surface area (Å²) in [4.78, 5) is 16.6. The van der Waals surface area contributed by atoms with Crippen LogP contribution in [-0.2, 0) is 0 Å². The first-order valence-electron chi connectivity index (χ1n) is 22.5. The van der Waals surface area contributed by atoms with Gasteiger partial charge in [-0.3, -0.25) is 0 Å². The van der Waals surface area contributed by atoms with E-state index < -0.39 is 0 Å². The van der Waals surface area contributed by atoms with Crippen LogP contribution in [0.1, 0.15) is 0 Å². The molecule has 0 saturated carbocycles. The van der Waals surface area contributed by atoms with E-state index in [2.05, 4.69) is 189 Å². The molecule has 0 fully saturated rings. The van der Waals surface area contributed by atoms with E-state index in [-0.39, 0.29) is 0 Å². The lowest BCUT2D eigenvalue weighted by atomic mass is 9.64. The predicted octanol–water partition coefficient (Wildman–Crippen LogP) is -11.4. The molecular formula is C45H41B14N3S2. The lowest BCUT2D eigenvalue weighted by molar-refractivity contribution is 1.08. The van der Waals surface area contributed by atoms with Crippen LogP contribution in [0.4, 0.5) is 0 Å². The van der Waals surface area contributed by atoms with E-state index in [4.69, 9.17) is 15.0 Å². The number of hydrogen-bond donors (Lipinski definition) is 0. The molecule has 10 aromatic rings. The molecular weight excluding hydrogens is 798 g/mol. The standard InChI is InChI=1S/C45H41B14N3S2/c46-25-21-22-27(48)32(53)35(56)38(59)42(22)64-40(21)30(51)24(29(25)50)45-61-43(16-11-9-15(10-12-16)18-8-4-7-17(13-18)14-5-2-1-3-6-14)60-44(62-45)23-19-20-26(47)31(52)34(55)37(58)41(20)63-39(19)36(57)33(54)28(23)49/h1-13H,46-59H2. The highest BCUT2D eigenvalue weighted by molar-refractivity contribution is 7.29. The number of rotatable bonds is 5. The van der Waals surface area contributed by atoms with Crippen LogP contribution >= 0.6 is 22.7 Å². The Kier molecular flexibility index (Phi) is 10.6. The summed E-state index contributed by atoms with van der Waals surface area (Å²) in [6.45, 7) is 0. The Morgan fingerprint density at radius 2 is 0.625 bits per heavy atom. The fourth-order valence-electron chi connectivity index (χ4n) is 10.3. The molecule has 0 aliphatic rings. The first-order valence-corrected chi connectivity index (χ1v) is 24.1. The Labute approximate surface area is 397 Å². The Balaban J connectivity index is 1.26. The van der Waals surface area contributed by atoms with E-state index in [1.54, 1.807) is 0 Å². The lowest BCUT2D eigenvalue weighted by Gasteiger charge is -2.19. The summed E-state index contributed by atoms with van der Waals surface area (Å²) in [5.41, 5.74) is 26.5. The molecule has 3 aromatic heterocycles. The van der Waals surface area contributed by atoms with Crippen molar-refractivity contribution in [1.82, 2.24) is 15.0 Å². The van der Waals surface area contributed by atoms with Crippen LogP contribution in [0.15, 0.2) is 78.9 Å². The molecule has 0 aliphatic heterocycles. The molecule has 0 amide bonds.